The fourth-order valence-electron chi connectivity index (χ4n) is 3.97. The van der Waals surface area contributed by atoms with Crippen LogP contribution in [0, 0.1) is 11.6 Å². The number of alkyl halides is 3. The molecule has 3 aromatic rings. The quantitative estimate of drug-likeness (QED) is 0.394. The lowest BCUT2D eigenvalue weighted by Gasteiger charge is -2.38. The zero-order chi connectivity index (χ0) is 26.9. The van der Waals surface area contributed by atoms with Crippen molar-refractivity contribution in [2.45, 2.75) is 37.5 Å². The number of nitrogen functional groups attached to an aromatic ring is 1. The number of nitrogens with one attached hydrogen (secondary N) is 1. The summed E-state index contributed by atoms with van der Waals surface area (Å²) in [7, 11) is 1.29. The van der Waals surface area contributed by atoms with Gasteiger partial charge in [0, 0.05) is 5.56 Å². The SMILES string of the molecule is COc1ccc(F)cc1C(C)(C)C[C@@](O)(CNC(=O)c1cnn(-c2ccccc2F)c1N)C(F)(F)F. The zero-order valence-electron chi connectivity index (χ0n) is 19.7. The van der Waals surface area contributed by atoms with E-state index < -0.39 is 47.7 Å². The van der Waals surface area contributed by atoms with Gasteiger partial charge in [0.15, 0.2) is 5.60 Å². The van der Waals surface area contributed by atoms with Gasteiger partial charge in [-0.05, 0) is 42.2 Å². The van der Waals surface area contributed by atoms with Crippen LogP contribution < -0.4 is 15.8 Å². The molecule has 1 atom stereocenters. The number of hydrogen-bond acceptors (Lipinski definition) is 5. The van der Waals surface area contributed by atoms with Gasteiger partial charge in [-0.1, -0.05) is 26.0 Å². The molecule has 0 aliphatic heterocycles. The molecule has 0 saturated heterocycles. The van der Waals surface area contributed by atoms with Crippen molar-refractivity contribution < 1.29 is 36.6 Å². The Bertz CT molecular complexity index is 1260. The third-order valence-electron chi connectivity index (χ3n) is 5.83. The lowest BCUT2D eigenvalue weighted by molar-refractivity contribution is -0.263. The molecule has 7 nitrogen and oxygen atoms in total. The van der Waals surface area contributed by atoms with Crippen molar-refractivity contribution in [3.8, 4) is 11.4 Å². The van der Waals surface area contributed by atoms with Gasteiger partial charge < -0.3 is 20.9 Å². The largest absolute Gasteiger partial charge is 0.496 e. The Kier molecular flexibility index (Phi) is 7.30. The summed E-state index contributed by atoms with van der Waals surface area (Å²) in [5.41, 5.74) is 0.788. The first-order valence-electron chi connectivity index (χ1n) is 10.7. The highest BCUT2D eigenvalue weighted by molar-refractivity contribution is 5.98. The van der Waals surface area contributed by atoms with Crippen LogP contribution >= 0.6 is 0 Å². The molecule has 0 aliphatic carbocycles. The van der Waals surface area contributed by atoms with Gasteiger partial charge in [0.05, 0.1) is 19.9 Å². The molecule has 3 rings (SSSR count). The highest BCUT2D eigenvalue weighted by Crippen LogP contribution is 2.43. The smallest absolute Gasteiger partial charge is 0.418 e. The van der Waals surface area contributed by atoms with Crippen LogP contribution in [-0.2, 0) is 5.41 Å². The molecule has 36 heavy (non-hydrogen) atoms. The summed E-state index contributed by atoms with van der Waals surface area (Å²) in [5, 5.41) is 16.6. The van der Waals surface area contributed by atoms with Crippen LogP contribution in [0.1, 0.15) is 36.2 Å². The average Bonchev–Trinajstić information content (AvgIpc) is 3.18. The molecule has 4 N–H and O–H groups in total. The number of benzene rings is 2. The second-order valence-electron chi connectivity index (χ2n) is 8.92. The highest BCUT2D eigenvalue weighted by atomic mass is 19.4. The van der Waals surface area contributed by atoms with Gasteiger partial charge in [-0.3, -0.25) is 4.79 Å². The van der Waals surface area contributed by atoms with Crippen molar-refractivity contribution in [3.05, 3.63) is 71.4 Å². The number of aromatic nitrogens is 2. The maximum absolute atomic E-state index is 14.1. The summed E-state index contributed by atoms with van der Waals surface area (Å²) in [6, 6.07) is 8.85. The lowest BCUT2D eigenvalue weighted by atomic mass is 9.74. The number of hydrogen-bond donors (Lipinski definition) is 3. The van der Waals surface area contributed by atoms with Crippen molar-refractivity contribution in [1.82, 2.24) is 15.1 Å². The standard InChI is InChI=1S/C24H25F5N4O3/c1-22(2,16-10-14(25)8-9-19(16)36-3)12-23(35,24(27,28)29)13-31-21(34)15-11-32-33(20(15)30)18-7-5-4-6-17(18)26/h4-11,35H,12-13,30H2,1-3H3,(H,31,34)/t23-/m1/s1. The fraction of sp³-hybridized carbons (Fsp3) is 0.333. The molecule has 1 aromatic heterocycles. The molecule has 12 heteroatoms. The topological polar surface area (TPSA) is 102 Å². The van der Waals surface area contributed by atoms with E-state index in [0.29, 0.717) is 0 Å². The maximum atomic E-state index is 14.1. The van der Waals surface area contributed by atoms with Gasteiger partial charge in [0.2, 0.25) is 0 Å². The predicted octanol–water partition coefficient (Wildman–Crippen LogP) is 4.13. The number of carbonyl (C=O) groups excluding carboxylic acids is 1. The summed E-state index contributed by atoms with van der Waals surface area (Å²) < 4.78 is 76.1. The molecular formula is C24H25F5N4O3. The number of nitrogens with zero attached hydrogens (tertiary/aromatic N) is 2. The van der Waals surface area contributed by atoms with Gasteiger partial charge in [0.1, 0.15) is 34.5 Å². The minimum atomic E-state index is -5.17. The molecule has 2 aromatic carbocycles. The molecule has 0 saturated carbocycles. The van der Waals surface area contributed by atoms with Crippen molar-refractivity contribution in [1.29, 1.82) is 0 Å². The van der Waals surface area contributed by atoms with Gasteiger partial charge in [-0.25, -0.2) is 13.5 Å². The van der Waals surface area contributed by atoms with Crippen molar-refractivity contribution in [2.75, 3.05) is 19.4 Å². The van der Waals surface area contributed by atoms with E-state index in [1.165, 1.54) is 45.2 Å². The number of carbonyl (C=O) groups is 1. The van der Waals surface area contributed by atoms with Gasteiger partial charge in [-0.2, -0.15) is 18.3 Å². The van der Waals surface area contributed by atoms with Gasteiger partial charge >= 0.3 is 6.18 Å². The average molecular weight is 512 g/mol. The number of methoxy groups -OCH3 is 1. The molecule has 0 aliphatic rings. The number of rotatable bonds is 8. The van der Waals surface area contributed by atoms with E-state index in [9.17, 15) is 31.9 Å². The minimum absolute atomic E-state index is 0.0633. The molecule has 0 spiro atoms. The second-order valence-corrected chi connectivity index (χ2v) is 8.92. The van der Waals surface area contributed by atoms with E-state index in [1.54, 1.807) is 0 Å². The van der Waals surface area contributed by atoms with Crippen LogP contribution in [-0.4, -0.2) is 46.2 Å². The van der Waals surface area contributed by atoms with Crippen molar-refractivity contribution in [3.63, 3.8) is 0 Å². The third kappa shape index (κ3) is 5.27. The van der Waals surface area contributed by atoms with Gasteiger partial charge in [0.25, 0.3) is 5.91 Å². The number of nitrogens with two attached hydrogens (primary N) is 1. The Labute approximate surface area is 203 Å². The third-order valence-corrected chi connectivity index (χ3v) is 5.83. The molecule has 194 valence electrons. The molecule has 0 fully saturated rings. The van der Waals surface area contributed by atoms with Crippen LogP contribution in [0.5, 0.6) is 5.75 Å². The fourth-order valence-corrected chi connectivity index (χ4v) is 3.97. The summed E-state index contributed by atoms with van der Waals surface area (Å²) in [6.07, 6.45) is -5.13. The molecule has 0 unspecified atom stereocenters. The molecule has 1 amide bonds. The zero-order valence-corrected chi connectivity index (χ0v) is 19.7. The molecule has 1 heterocycles. The van der Waals surface area contributed by atoms with E-state index in [1.807, 2.05) is 5.32 Å². The molecule has 0 bridgehead atoms. The Hall–Kier alpha value is -3.67. The Morgan fingerprint density at radius 2 is 1.83 bits per heavy atom. The summed E-state index contributed by atoms with van der Waals surface area (Å²) in [5.74, 6) is -2.59. The summed E-state index contributed by atoms with van der Waals surface area (Å²) >= 11 is 0. The maximum Gasteiger partial charge on any atom is 0.418 e. The number of halogens is 5. The first-order chi connectivity index (χ1) is 16.7. The summed E-state index contributed by atoms with van der Waals surface area (Å²) in [6.45, 7) is 1.54. The lowest BCUT2D eigenvalue weighted by Crippen LogP contribution is -2.56. The van der Waals surface area contributed by atoms with E-state index in [0.717, 1.165) is 29.1 Å². The van der Waals surface area contributed by atoms with Crippen molar-refractivity contribution >= 4 is 11.7 Å². The number of aliphatic hydroxyl groups is 1. The number of ether oxygens (including phenoxy) is 1. The minimum Gasteiger partial charge on any atom is -0.496 e. The number of amides is 1. The molecular weight excluding hydrogens is 487 g/mol. The Balaban J connectivity index is 1.86. The predicted molar refractivity (Wildman–Crippen MR) is 122 cm³/mol. The normalized spacial score (nSPS) is 13.8. The van der Waals surface area contributed by atoms with Crippen LogP contribution in [0.4, 0.5) is 27.8 Å². The highest BCUT2D eigenvalue weighted by Gasteiger charge is 2.56. The Morgan fingerprint density at radius 1 is 1.17 bits per heavy atom. The second kappa shape index (κ2) is 9.76. The molecule has 0 radical (unpaired) electrons. The van der Waals surface area contributed by atoms with Crippen LogP contribution in [0.15, 0.2) is 48.7 Å². The Morgan fingerprint density at radius 3 is 2.44 bits per heavy atom. The summed E-state index contributed by atoms with van der Waals surface area (Å²) in [4.78, 5) is 12.7. The number of para-hydroxylation sites is 1. The first kappa shape index (κ1) is 26.9. The van der Waals surface area contributed by atoms with E-state index in [-0.39, 0.29) is 28.4 Å². The van der Waals surface area contributed by atoms with E-state index >= 15 is 0 Å². The first-order valence-corrected chi connectivity index (χ1v) is 10.7. The van der Waals surface area contributed by atoms with E-state index in [2.05, 4.69) is 5.10 Å². The van der Waals surface area contributed by atoms with Crippen molar-refractivity contribution in [2.24, 2.45) is 0 Å². The number of anilines is 1. The van der Waals surface area contributed by atoms with Crippen LogP contribution in [0.25, 0.3) is 5.69 Å². The van der Waals surface area contributed by atoms with Crippen LogP contribution in [0.3, 0.4) is 0 Å². The van der Waals surface area contributed by atoms with E-state index in [4.69, 9.17) is 10.5 Å². The van der Waals surface area contributed by atoms with Gasteiger partial charge in [-0.15, -0.1) is 0 Å². The monoisotopic (exact) mass is 512 g/mol. The van der Waals surface area contributed by atoms with Crippen LogP contribution in [0.2, 0.25) is 0 Å².